The highest BCUT2D eigenvalue weighted by Crippen LogP contribution is 2.26. The summed E-state index contributed by atoms with van der Waals surface area (Å²) in [6.07, 6.45) is 3.76. The van der Waals surface area contributed by atoms with Crippen LogP contribution in [0, 0.1) is 0 Å². The van der Waals surface area contributed by atoms with Crippen LogP contribution in [-0.2, 0) is 0 Å². The highest BCUT2D eigenvalue weighted by atomic mass is 79.9. The van der Waals surface area contributed by atoms with E-state index in [9.17, 15) is 0 Å². The molecule has 1 saturated carbocycles. The molecule has 0 spiro atoms. The third-order valence-corrected chi connectivity index (χ3v) is 3.73. The minimum atomic E-state index is 0.152. The minimum Gasteiger partial charge on any atom is -0.324 e. The van der Waals surface area contributed by atoms with Gasteiger partial charge in [0.25, 0.3) is 0 Å². The monoisotopic (exact) mass is 282 g/mol. The van der Waals surface area contributed by atoms with Crippen molar-refractivity contribution in [2.45, 2.75) is 31.3 Å². The van der Waals surface area contributed by atoms with Gasteiger partial charge in [-0.05, 0) is 50.6 Å². The Kier molecular flexibility index (Phi) is 4.00. The summed E-state index contributed by atoms with van der Waals surface area (Å²) in [4.78, 5) is 2.43. The molecule has 1 aromatic carbocycles. The first-order valence-electron chi connectivity index (χ1n) is 5.88. The molecule has 0 amide bonds. The van der Waals surface area contributed by atoms with Crippen molar-refractivity contribution in [3.8, 4) is 0 Å². The second-order valence-electron chi connectivity index (χ2n) is 4.66. The predicted octanol–water partition coefficient (Wildman–Crippen LogP) is 2.93. The van der Waals surface area contributed by atoms with Crippen LogP contribution in [-0.4, -0.2) is 24.5 Å². The van der Waals surface area contributed by atoms with Crippen molar-refractivity contribution in [2.75, 3.05) is 13.6 Å². The molecule has 0 heterocycles. The standard InChI is InChI=1S/C13H19BrN2/c1-16(12-5-6-12)8-7-13(15)10-3-2-4-11(14)9-10/h2-4,9,12-13H,5-8,15H2,1H3. The maximum Gasteiger partial charge on any atom is 0.0307 e. The molecule has 2 rings (SSSR count). The fourth-order valence-electron chi connectivity index (χ4n) is 1.94. The highest BCUT2D eigenvalue weighted by Gasteiger charge is 2.25. The molecule has 1 aliphatic carbocycles. The lowest BCUT2D eigenvalue weighted by Gasteiger charge is -2.19. The molecular formula is C13H19BrN2. The number of halogens is 1. The molecule has 1 aliphatic rings. The number of rotatable bonds is 5. The van der Waals surface area contributed by atoms with Crippen LogP contribution in [0.4, 0.5) is 0 Å². The molecule has 0 saturated heterocycles. The quantitative estimate of drug-likeness (QED) is 0.900. The Hall–Kier alpha value is -0.380. The maximum absolute atomic E-state index is 6.19. The van der Waals surface area contributed by atoms with E-state index in [-0.39, 0.29) is 6.04 Å². The third kappa shape index (κ3) is 3.30. The number of hydrogen-bond acceptors (Lipinski definition) is 2. The van der Waals surface area contributed by atoms with Gasteiger partial charge in [-0.2, -0.15) is 0 Å². The van der Waals surface area contributed by atoms with Crippen LogP contribution in [0.1, 0.15) is 30.9 Å². The number of benzene rings is 1. The molecule has 1 unspecified atom stereocenters. The Labute approximate surface area is 106 Å². The molecule has 2 N–H and O–H groups in total. The van der Waals surface area contributed by atoms with E-state index in [0.29, 0.717) is 0 Å². The summed E-state index contributed by atoms with van der Waals surface area (Å²) in [5.41, 5.74) is 7.41. The number of nitrogens with zero attached hydrogens (tertiary/aromatic N) is 1. The minimum absolute atomic E-state index is 0.152. The van der Waals surface area contributed by atoms with Crippen molar-refractivity contribution in [3.63, 3.8) is 0 Å². The largest absolute Gasteiger partial charge is 0.324 e. The summed E-state index contributed by atoms with van der Waals surface area (Å²) < 4.78 is 1.11. The van der Waals surface area contributed by atoms with Gasteiger partial charge < -0.3 is 10.6 Å². The molecule has 1 atom stereocenters. The SMILES string of the molecule is CN(CCC(N)c1cccc(Br)c1)C1CC1. The summed E-state index contributed by atoms with van der Waals surface area (Å²) in [6, 6.07) is 9.28. The van der Waals surface area contributed by atoms with Crippen molar-refractivity contribution >= 4 is 15.9 Å². The zero-order chi connectivity index (χ0) is 11.5. The molecule has 16 heavy (non-hydrogen) atoms. The molecular weight excluding hydrogens is 264 g/mol. The van der Waals surface area contributed by atoms with Crippen LogP contribution in [0.2, 0.25) is 0 Å². The average Bonchev–Trinajstić information content (AvgIpc) is 3.09. The topological polar surface area (TPSA) is 29.3 Å². The molecule has 1 fully saturated rings. The molecule has 0 bridgehead atoms. The van der Waals surface area contributed by atoms with Gasteiger partial charge in [0.15, 0.2) is 0 Å². The van der Waals surface area contributed by atoms with Gasteiger partial charge in [-0.15, -0.1) is 0 Å². The van der Waals surface area contributed by atoms with E-state index < -0.39 is 0 Å². The predicted molar refractivity (Wildman–Crippen MR) is 71.3 cm³/mol. The van der Waals surface area contributed by atoms with Gasteiger partial charge in [0.05, 0.1) is 0 Å². The molecule has 0 radical (unpaired) electrons. The second kappa shape index (κ2) is 5.30. The molecule has 0 aromatic heterocycles. The van der Waals surface area contributed by atoms with Gasteiger partial charge in [0.1, 0.15) is 0 Å². The molecule has 1 aromatic rings. The van der Waals surface area contributed by atoms with Crippen molar-refractivity contribution in [1.82, 2.24) is 4.90 Å². The first-order valence-corrected chi connectivity index (χ1v) is 6.67. The Bertz CT molecular complexity index is 350. The Morgan fingerprint density at radius 3 is 2.88 bits per heavy atom. The van der Waals surface area contributed by atoms with Crippen molar-refractivity contribution in [2.24, 2.45) is 5.73 Å². The Balaban J connectivity index is 1.84. The van der Waals surface area contributed by atoms with E-state index in [4.69, 9.17) is 5.73 Å². The molecule has 88 valence electrons. The van der Waals surface area contributed by atoms with Gasteiger partial charge in [0, 0.05) is 16.6 Å². The summed E-state index contributed by atoms with van der Waals surface area (Å²) in [5, 5.41) is 0. The van der Waals surface area contributed by atoms with Crippen molar-refractivity contribution in [3.05, 3.63) is 34.3 Å². The third-order valence-electron chi connectivity index (χ3n) is 3.24. The first kappa shape index (κ1) is 12.1. The maximum atomic E-state index is 6.19. The fraction of sp³-hybridized carbons (Fsp3) is 0.538. The molecule has 2 nitrogen and oxygen atoms in total. The fourth-order valence-corrected chi connectivity index (χ4v) is 2.36. The lowest BCUT2D eigenvalue weighted by atomic mass is 10.0. The van der Waals surface area contributed by atoms with E-state index >= 15 is 0 Å². The zero-order valence-corrected chi connectivity index (χ0v) is 11.3. The number of nitrogens with two attached hydrogens (primary N) is 1. The van der Waals surface area contributed by atoms with Gasteiger partial charge in [-0.1, -0.05) is 28.1 Å². The normalized spacial score (nSPS) is 17.8. The van der Waals surface area contributed by atoms with Gasteiger partial charge in [0.2, 0.25) is 0 Å². The second-order valence-corrected chi connectivity index (χ2v) is 5.58. The van der Waals surface area contributed by atoms with Crippen LogP contribution in [0.15, 0.2) is 28.7 Å². The first-order chi connectivity index (χ1) is 7.66. The van der Waals surface area contributed by atoms with E-state index in [1.54, 1.807) is 0 Å². The zero-order valence-electron chi connectivity index (χ0n) is 9.70. The lowest BCUT2D eigenvalue weighted by Crippen LogP contribution is -2.25. The van der Waals surface area contributed by atoms with Crippen LogP contribution in [0.25, 0.3) is 0 Å². The highest BCUT2D eigenvalue weighted by molar-refractivity contribution is 9.10. The summed E-state index contributed by atoms with van der Waals surface area (Å²) >= 11 is 3.48. The lowest BCUT2D eigenvalue weighted by molar-refractivity contribution is 0.309. The average molecular weight is 283 g/mol. The van der Waals surface area contributed by atoms with E-state index in [1.165, 1.54) is 18.4 Å². The van der Waals surface area contributed by atoms with Crippen LogP contribution >= 0.6 is 15.9 Å². The van der Waals surface area contributed by atoms with Gasteiger partial charge >= 0.3 is 0 Å². The Morgan fingerprint density at radius 2 is 2.25 bits per heavy atom. The van der Waals surface area contributed by atoms with Crippen molar-refractivity contribution < 1.29 is 0 Å². The number of hydrogen-bond donors (Lipinski definition) is 1. The van der Waals surface area contributed by atoms with E-state index in [2.05, 4.69) is 40.0 Å². The van der Waals surface area contributed by atoms with Crippen LogP contribution in [0.5, 0.6) is 0 Å². The van der Waals surface area contributed by atoms with Crippen LogP contribution < -0.4 is 5.73 Å². The van der Waals surface area contributed by atoms with Gasteiger partial charge in [-0.25, -0.2) is 0 Å². The molecule has 0 aliphatic heterocycles. The van der Waals surface area contributed by atoms with Crippen molar-refractivity contribution in [1.29, 1.82) is 0 Å². The van der Waals surface area contributed by atoms with E-state index in [0.717, 1.165) is 23.5 Å². The van der Waals surface area contributed by atoms with E-state index in [1.807, 2.05) is 12.1 Å². The van der Waals surface area contributed by atoms with Crippen LogP contribution in [0.3, 0.4) is 0 Å². The molecule has 3 heteroatoms. The summed E-state index contributed by atoms with van der Waals surface area (Å²) in [6.45, 7) is 1.10. The smallest absolute Gasteiger partial charge is 0.0307 e. The van der Waals surface area contributed by atoms with Gasteiger partial charge in [-0.3, -0.25) is 0 Å². The summed E-state index contributed by atoms with van der Waals surface area (Å²) in [5.74, 6) is 0. The summed E-state index contributed by atoms with van der Waals surface area (Å²) in [7, 11) is 2.20. The Morgan fingerprint density at radius 1 is 1.50 bits per heavy atom.